The zero-order valence-electron chi connectivity index (χ0n) is 11.0. The van der Waals surface area contributed by atoms with Gasteiger partial charge in [0.1, 0.15) is 0 Å². The quantitative estimate of drug-likeness (QED) is 0.682. The SMILES string of the molecule is C=Cc1ccccc1CO[Si](C)(CC)OCC. The van der Waals surface area contributed by atoms with Gasteiger partial charge in [-0.3, -0.25) is 0 Å². The van der Waals surface area contributed by atoms with E-state index in [4.69, 9.17) is 8.85 Å². The predicted molar refractivity (Wildman–Crippen MR) is 75.0 cm³/mol. The molecule has 0 heterocycles. The molecule has 1 rings (SSSR count). The Morgan fingerprint density at radius 3 is 2.53 bits per heavy atom. The Kier molecular flexibility index (Phi) is 5.61. The van der Waals surface area contributed by atoms with Crippen LogP contribution in [0.15, 0.2) is 30.8 Å². The van der Waals surface area contributed by atoms with E-state index in [0.717, 1.165) is 18.2 Å². The molecule has 0 aliphatic heterocycles. The van der Waals surface area contributed by atoms with Crippen LogP contribution in [-0.2, 0) is 15.5 Å². The summed E-state index contributed by atoms with van der Waals surface area (Å²) in [6.45, 7) is 11.4. The van der Waals surface area contributed by atoms with Gasteiger partial charge in [0, 0.05) is 6.61 Å². The third-order valence-corrected chi connectivity index (χ3v) is 5.84. The minimum Gasteiger partial charge on any atom is -0.395 e. The van der Waals surface area contributed by atoms with Gasteiger partial charge in [0.05, 0.1) is 6.61 Å². The van der Waals surface area contributed by atoms with E-state index >= 15 is 0 Å². The monoisotopic (exact) mass is 250 g/mol. The molecule has 0 bridgehead atoms. The van der Waals surface area contributed by atoms with Crippen LogP contribution in [0.5, 0.6) is 0 Å². The van der Waals surface area contributed by atoms with E-state index in [0.29, 0.717) is 6.61 Å². The zero-order valence-corrected chi connectivity index (χ0v) is 12.0. The summed E-state index contributed by atoms with van der Waals surface area (Å²) in [6.07, 6.45) is 1.87. The van der Waals surface area contributed by atoms with Crippen LogP contribution in [0.1, 0.15) is 25.0 Å². The Morgan fingerprint density at radius 2 is 1.94 bits per heavy atom. The van der Waals surface area contributed by atoms with Crippen molar-refractivity contribution < 1.29 is 8.85 Å². The van der Waals surface area contributed by atoms with Crippen molar-refractivity contribution >= 4 is 14.6 Å². The Labute approximate surface area is 106 Å². The molecule has 0 N–H and O–H groups in total. The highest BCUT2D eigenvalue weighted by Crippen LogP contribution is 2.18. The largest absolute Gasteiger partial charge is 0.395 e. The van der Waals surface area contributed by atoms with Gasteiger partial charge in [-0.1, -0.05) is 43.8 Å². The van der Waals surface area contributed by atoms with Gasteiger partial charge in [-0.15, -0.1) is 0 Å². The molecule has 17 heavy (non-hydrogen) atoms. The molecule has 0 fully saturated rings. The maximum Gasteiger partial charge on any atom is 0.334 e. The van der Waals surface area contributed by atoms with Crippen molar-refractivity contribution in [3.05, 3.63) is 42.0 Å². The van der Waals surface area contributed by atoms with E-state index in [1.54, 1.807) is 0 Å². The molecule has 3 heteroatoms. The summed E-state index contributed by atoms with van der Waals surface area (Å²) in [7, 11) is -1.98. The standard InChI is InChI=1S/C14H22O2Si/c1-5-13-10-8-9-11-14(13)12-16-17(4,7-3)15-6-2/h5,8-11H,1,6-7,12H2,2-4H3. The van der Waals surface area contributed by atoms with Crippen LogP contribution in [0.3, 0.4) is 0 Å². The van der Waals surface area contributed by atoms with Crippen molar-refractivity contribution in [2.75, 3.05) is 6.61 Å². The van der Waals surface area contributed by atoms with Crippen molar-refractivity contribution in [1.29, 1.82) is 0 Å². The van der Waals surface area contributed by atoms with Gasteiger partial charge in [-0.2, -0.15) is 0 Å². The summed E-state index contributed by atoms with van der Waals surface area (Å²) in [6, 6.07) is 9.14. The first-order chi connectivity index (χ1) is 8.15. The molecule has 0 radical (unpaired) electrons. The van der Waals surface area contributed by atoms with Crippen molar-refractivity contribution in [3.63, 3.8) is 0 Å². The lowest BCUT2D eigenvalue weighted by atomic mass is 10.1. The summed E-state index contributed by atoms with van der Waals surface area (Å²) in [5.41, 5.74) is 2.31. The zero-order chi connectivity index (χ0) is 12.7. The molecular weight excluding hydrogens is 228 g/mol. The Morgan fingerprint density at radius 1 is 1.24 bits per heavy atom. The van der Waals surface area contributed by atoms with Crippen molar-refractivity contribution in [2.24, 2.45) is 0 Å². The Balaban J connectivity index is 2.68. The lowest BCUT2D eigenvalue weighted by Gasteiger charge is -2.25. The summed E-state index contributed by atoms with van der Waals surface area (Å²) in [4.78, 5) is 0. The van der Waals surface area contributed by atoms with Crippen LogP contribution < -0.4 is 0 Å². The first kappa shape index (κ1) is 14.2. The average Bonchev–Trinajstić information content (AvgIpc) is 2.37. The first-order valence-electron chi connectivity index (χ1n) is 6.13. The van der Waals surface area contributed by atoms with Crippen LogP contribution in [0.25, 0.3) is 6.08 Å². The summed E-state index contributed by atoms with van der Waals surface area (Å²) in [5.74, 6) is 0. The van der Waals surface area contributed by atoms with E-state index in [-0.39, 0.29) is 0 Å². The molecule has 94 valence electrons. The highest BCUT2D eigenvalue weighted by atomic mass is 28.4. The second-order valence-corrected chi connectivity index (χ2v) is 7.66. The van der Waals surface area contributed by atoms with Gasteiger partial charge in [0.2, 0.25) is 0 Å². The molecule has 1 aromatic carbocycles. The van der Waals surface area contributed by atoms with Crippen molar-refractivity contribution in [1.82, 2.24) is 0 Å². The normalized spacial score (nSPS) is 14.3. The molecule has 1 aromatic rings. The fourth-order valence-electron chi connectivity index (χ4n) is 1.65. The highest BCUT2D eigenvalue weighted by molar-refractivity contribution is 6.65. The second kappa shape index (κ2) is 6.74. The average molecular weight is 250 g/mol. The Hall–Kier alpha value is -0.903. The van der Waals surface area contributed by atoms with E-state index in [9.17, 15) is 0 Å². The molecule has 0 aliphatic carbocycles. The molecule has 0 aliphatic rings. The van der Waals surface area contributed by atoms with Gasteiger partial charge in [0.25, 0.3) is 0 Å². The van der Waals surface area contributed by atoms with Gasteiger partial charge >= 0.3 is 8.56 Å². The van der Waals surface area contributed by atoms with Crippen LogP contribution in [-0.4, -0.2) is 15.2 Å². The molecule has 2 nitrogen and oxygen atoms in total. The van der Waals surface area contributed by atoms with E-state index in [1.807, 2.05) is 25.1 Å². The fourth-order valence-corrected chi connectivity index (χ4v) is 3.21. The molecule has 0 aromatic heterocycles. The van der Waals surface area contributed by atoms with Crippen LogP contribution in [0.4, 0.5) is 0 Å². The number of hydrogen-bond donors (Lipinski definition) is 0. The van der Waals surface area contributed by atoms with Gasteiger partial charge in [-0.05, 0) is 30.6 Å². The second-order valence-electron chi connectivity index (χ2n) is 4.11. The molecule has 1 atom stereocenters. The molecule has 0 amide bonds. The summed E-state index contributed by atoms with van der Waals surface area (Å²) < 4.78 is 11.8. The van der Waals surface area contributed by atoms with Crippen LogP contribution in [0, 0.1) is 0 Å². The fraction of sp³-hybridized carbons (Fsp3) is 0.429. The van der Waals surface area contributed by atoms with Crippen molar-refractivity contribution in [3.8, 4) is 0 Å². The highest BCUT2D eigenvalue weighted by Gasteiger charge is 2.28. The summed E-state index contributed by atoms with van der Waals surface area (Å²) >= 11 is 0. The predicted octanol–water partition coefficient (Wildman–Crippen LogP) is 3.97. The smallest absolute Gasteiger partial charge is 0.334 e. The number of benzene rings is 1. The van der Waals surface area contributed by atoms with Crippen molar-refractivity contribution in [2.45, 2.75) is 33.0 Å². The van der Waals surface area contributed by atoms with E-state index in [2.05, 4.69) is 32.2 Å². The number of hydrogen-bond acceptors (Lipinski definition) is 2. The number of rotatable bonds is 7. The lowest BCUT2D eigenvalue weighted by molar-refractivity contribution is 0.174. The molecule has 0 spiro atoms. The topological polar surface area (TPSA) is 18.5 Å². The maximum absolute atomic E-state index is 6.02. The summed E-state index contributed by atoms with van der Waals surface area (Å²) in [5, 5.41) is 0. The van der Waals surface area contributed by atoms with E-state index in [1.165, 1.54) is 5.56 Å². The molecule has 1 unspecified atom stereocenters. The minimum absolute atomic E-state index is 0.610. The lowest BCUT2D eigenvalue weighted by Crippen LogP contribution is -2.37. The van der Waals surface area contributed by atoms with Gasteiger partial charge in [0.15, 0.2) is 0 Å². The van der Waals surface area contributed by atoms with Crippen LogP contribution >= 0.6 is 0 Å². The maximum atomic E-state index is 6.02. The van der Waals surface area contributed by atoms with Gasteiger partial charge < -0.3 is 8.85 Å². The molecular formula is C14H22O2Si. The van der Waals surface area contributed by atoms with E-state index < -0.39 is 8.56 Å². The third kappa shape index (κ3) is 4.11. The molecule has 0 saturated carbocycles. The van der Waals surface area contributed by atoms with Crippen LogP contribution in [0.2, 0.25) is 12.6 Å². The third-order valence-electron chi connectivity index (χ3n) is 2.90. The van der Waals surface area contributed by atoms with Gasteiger partial charge in [-0.25, -0.2) is 0 Å². The first-order valence-corrected chi connectivity index (χ1v) is 8.65. The molecule has 0 saturated heterocycles. The minimum atomic E-state index is -1.98. The Bertz CT molecular complexity index is 365.